The fourth-order valence-corrected chi connectivity index (χ4v) is 2.11. The summed E-state index contributed by atoms with van der Waals surface area (Å²) in [6.45, 7) is 0.384. The normalized spacial score (nSPS) is 10.7. The average Bonchev–Trinajstić information content (AvgIpc) is 2.50. The molecule has 0 N–H and O–H groups in total. The Balaban J connectivity index is 1.96. The third kappa shape index (κ3) is 2.28. The van der Waals surface area contributed by atoms with Gasteiger partial charge in [0.05, 0.1) is 11.1 Å². The number of aromatic nitrogens is 2. The Morgan fingerprint density at radius 1 is 1.10 bits per heavy atom. The van der Waals surface area contributed by atoms with Crippen LogP contribution in [-0.4, -0.2) is 9.55 Å². The molecular formula is C16H14N2O2. The lowest BCUT2D eigenvalue weighted by Gasteiger charge is -2.09. The number of fused-ring (bicyclic) bond motifs is 1. The van der Waals surface area contributed by atoms with E-state index in [0.717, 1.165) is 11.1 Å². The molecule has 2 aromatic heterocycles. The predicted octanol–water partition coefficient (Wildman–Crippen LogP) is 2.51. The van der Waals surface area contributed by atoms with Gasteiger partial charge in [0.1, 0.15) is 12.4 Å². The second-order valence-electron chi connectivity index (χ2n) is 4.56. The minimum atomic E-state index is -0.0224. The van der Waals surface area contributed by atoms with E-state index in [1.54, 1.807) is 24.0 Å². The third-order valence-electron chi connectivity index (χ3n) is 3.18. The van der Waals surface area contributed by atoms with Crippen molar-refractivity contribution in [2.24, 2.45) is 7.05 Å². The van der Waals surface area contributed by atoms with Gasteiger partial charge in [-0.2, -0.15) is 0 Å². The Hall–Kier alpha value is -2.62. The number of ether oxygens (including phenoxy) is 1. The van der Waals surface area contributed by atoms with Crippen LogP contribution in [0, 0.1) is 0 Å². The van der Waals surface area contributed by atoms with Crippen LogP contribution in [0.5, 0.6) is 5.75 Å². The van der Waals surface area contributed by atoms with Gasteiger partial charge in [-0.25, -0.2) is 0 Å². The molecule has 3 aromatic rings. The number of aryl methyl sites for hydroxylation is 1. The summed E-state index contributed by atoms with van der Waals surface area (Å²) in [6, 6.07) is 13.1. The molecule has 4 heteroatoms. The van der Waals surface area contributed by atoms with E-state index in [1.807, 2.05) is 42.5 Å². The topological polar surface area (TPSA) is 44.1 Å². The second-order valence-corrected chi connectivity index (χ2v) is 4.56. The third-order valence-corrected chi connectivity index (χ3v) is 3.18. The van der Waals surface area contributed by atoms with E-state index >= 15 is 0 Å². The first-order chi connectivity index (χ1) is 9.75. The fraction of sp³-hybridized carbons (Fsp3) is 0.125. The first kappa shape index (κ1) is 12.4. The summed E-state index contributed by atoms with van der Waals surface area (Å²) in [7, 11) is 1.74. The second kappa shape index (κ2) is 5.17. The molecule has 4 nitrogen and oxygen atoms in total. The van der Waals surface area contributed by atoms with Gasteiger partial charge in [-0.3, -0.25) is 9.78 Å². The molecule has 0 fully saturated rings. The summed E-state index contributed by atoms with van der Waals surface area (Å²) in [5, 5.41) is 1.49. The van der Waals surface area contributed by atoms with E-state index in [-0.39, 0.29) is 5.56 Å². The Kier molecular flexibility index (Phi) is 3.21. The average molecular weight is 266 g/mol. The smallest absolute Gasteiger partial charge is 0.258 e. The standard InChI is InChI=1S/C16H14N2O2/c1-18-10-8-13-14(16(18)19)6-4-7-15(13)20-11-12-5-2-3-9-17-12/h2-10H,11H2,1H3. The number of hydrogen-bond acceptors (Lipinski definition) is 3. The van der Waals surface area contributed by atoms with Crippen LogP contribution in [0.15, 0.2) is 59.7 Å². The zero-order valence-electron chi connectivity index (χ0n) is 11.1. The molecule has 100 valence electrons. The quantitative estimate of drug-likeness (QED) is 0.731. The lowest BCUT2D eigenvalue weighted by molar-refractivity contribution is 0.305. The van der Waals surface area contributed by atoms with Gasteiger partial charge in [0.25, 0.3) is 5.56 Å². The Morgan fingerprint density at radius 2 is 2.00 bits per heavy atom. The monoisotopic (exact) mass is 266 g/mol. The predicted molar refractivity (Wildman–Crippen MR) is 77.8 cm³/mol. The molecular weight excluding hydrogens is 252 g/mol. The van der Waals surface area contributed by atoms with Gasteiger partial charge >= 0.3 is 0 Å². The summed E-state index contributed by atoms with van der Waals surface area (Å²) in [6.07, 6.45) is 3.48. The van der Waals surface area contributed by atoms with Gasteiger partial charge in [0.15, 0.2) is 0 Å². The SMILES string of the molecule is Cn1ccc2c(OCc3ccccn3)cccc2c1=O. The van der Waals surface area contributed by atoms with Crippen molar-refractivity contribution in [3.05, 3.63) is 70.9 Å². The van der Waals surface area contributed by atoms with Crippen LogP contribution in [0.1, 0.15) is 5.69 Å². The molecule has 0 saturated carbocycles. The van der Waals surface area contributed by atoms with Crippen molar-refractivity contribution in [2.75, 3.05) is 0 Å². The summed E-state index contributed by atoms with van der Waals surface area (Å²) < 4.78 is 7.35. The van der Waals surface area contributed by atoms with Crippen LogP contribution >= 0.6 is 0 Å². The number of nitrogens with zero attached hydrogens (tertiary/aromatic N) is 2. The van der Waals surface area contributed by atoms with Crippen molar-refractivity contribution in [3.8, 4) is 5.75 Å². The summed E-state index contributed by atoms with van der Waals surface area (Å²) in [5.41, 5.74) is 0.833. The molecule has 2 heterocycles. The highest BCUT2D eigenvalue weighted by molar-refractivity contribution is 5.87. The van der Waals surface area contributed by atoms with Gasteiger partial charge in [-0.15, -0.1) is 0 Å². The maximum atomic E-state index is 12.0. The molecule has 0 bridgehead atoms. The van der Waals surface area contributed by atoms with Crippen molar-refractivity contribution in [1.82, 2.24) is 9.55 Å². The molecule has 0 atom stereocenters. The van der Waals surface area contributed by atoms with Gasteiger partial charge < -0.3 is 9.30 Å². The first-order valence-electron chi connectivity index (χ1n) is 6.37. The number of benzene rings is 1. The highest BCUT2D eigenvalue weighted by Gasteiger charge is 2.06. The molecule has 0 radical (unpaired) electrons. The minimum Gasteiger partial charge on any atom is -0.487 e. The molecule has 0 saturated heterocycles. The minimum absolute atomic E-state index is 0.0224. The van der Waals surface area contributed by atoms with E-state index in [0.29, 0.717) is 17.7 Å². The van der Waals surface area contributed by atoms with Crippen LogP contribution < -0.4 is 10.3 Å². The van der Waals surface area contributed by atoms with Gasteiger partial charge in [0, 0.05) is 24.8 Å². The van der Waals surface area contributed by atoms with Crippen molar-refractivity contribution >= 4 is 10.8 Å². The molecule has 0 aliphatic carbocycles. The molecule has 20 heavy (non-hydrogen) atoms. The number of rotatable bonds is 3. The van der Waals surface area contributed by atoms with Gasteiger partial charge in [-0.05, 0) is 30.3 Å². The zero-order valence-corrected chi connectivity index (χ0v) is 11.1. The number of hydrogen-bond donors (Lipinski definition) is 0. The lowest BCUT2D eigenvalue weighted by Crippen LogP contribution is -2.15. The molecule has 3 rings (SSSR count). The van der Waals surface area contributed by atoms with Crippen LogP contribution in [0.25, 0.3) is 10.8 Å². The maximum Gasteiger partial charge on any atom is 0.258 e. The van der Waals surface area contributed by atoms with Crippen LogP contribution in [0.2, 0.25) is 0 Å². The summed E-state index contributed by atoms with van der Waals surface area (Å²) >= 11 is 0. The van der Waals surface area contributed by atoms with Crippen molar-refractivity contribution in [1.29, 1.82) is 0 Å². The summed E-state index contributed by atoms with van der Waals surface area (Å²) in [5.74, 6) is 0.700. The lowest BCUT2D eigenvalue weighted by atomic mass is 10.1. The van der Waals surface area contributed by atoms with E-state index < -0.39 is 0 Å². The van der Waals surface area contributed by atoms with Crippen LogP contribution in [0.3, 0.4) is 0 Å². The molecule has 0 aliphatic heterocycles. The largest absolute Gasteiger partial charge is 0.487 e. The molecule has 1 aromatic carbocycles. The molecule has 0 spiro atoms. The van der Waals surface area contributed by atoms with E-state index in [4.69, 9.17) is 4.74 Å². The number of pyridine rings is 2. The van der Waals surface area contributed by atoms with Crippen molar-refractivity contribution < 1.29 is 4.74 Å². The van der Waals surface area contributed by atoms with Crippen LogP contribution in [-0.2, 0) is 13.7 Å². The van der Waals surface area contributed by atoms with E-state index in [9.17, 15) is 4.79 Å². The Morgan fingerprint density at radius 3 is 2.80 bits per heavy atom. The van der Waals surface area contributed by atoms with Crippen molar-refractivity contribution in [2.45, 2.75) is 6.61 Å². The molecule has 0 unspecified atom stereocenters. The van der Waals surface area contributed by atoms with E-state index in [1.165, 1.54) is 0 Å². The molecule has 0 aliphatic rings. The molecule has 0 amide bonds. The summed E-state index contributed by atoms with van der Waals surface area (Å²) in [4.78, 5) is 16.3. The Bertz CT molecular complexity index is 794. The first-order valence-corrected chi connectivity index (χ1v) is 6.37. The van der Waals surface area contributed by atoms with E-state index in [2.05, 4.69) is 4.98 Å². The fourth-order valence-electron chi connectivity index (χ4n) is 2.11. The van der Waals surface area contributed by atoms with Gasteiger partial charge in [-0.1, -0.05) is 12.1 Å². The van der Waals surface area contributed by atoms with Crippen molar-refractivity contribution in [3.63, 3.8) is 0 Å². The zero-order chi connectivity index (χ0) is 13.9. The van der Waals surface area contributed by atoms with Gasteiger partial charge in [0.2, 0.25) is 0 Å². The highest BCUT2D eigenvalue weighted by atomic mass is 16.5. The Labute approximate surface area is 116 Å². The highest BCUT2D eigenvalue weighted by Crippen LogP contribution is 2.23. The van der Waals surface area contributed by atoms with Crippen LogP contribution in [0.4, 0.5) is 0 Å². The maximum absolute atomic E-state index is 12.0.